The molecular weight excluding hydrogens is 204 g/mol. The van der Waals surface area contributed by atoms with E-state index in [0.29, 0.717) is 5.56 Å². The normalized spacial score (nSPS) is 9.64. The molecule has 0 fully saturated rings. The number of benzene rings is 1. The van der Waals surface area contributed by atoms with Gasteiger partial charge in [0.1, 0.15) is 5.75 Å². The molecule has 4 heteroatoms. The molecular formula is C10H9ClO3. The molecule has 74 valence electrons. The molecule has 0 unspecified atom stereocenters. The van der Waals surface area contributed by atoms with E-state index in [1.807, 2.05) is 6.92 Å². The standard InChI is InChI=1S/C10H9ClO3/c1-6-3-4-8(7(2)12)9(5-6)14-10(11)13/h3-5H,1-2H3. The molecule has 14 heavy (non-hydrogen) atoms. The van der Waals surface area contributed by atoms with Crippen LogP contribution in [0.25, 0.3) is 0 Å². The Morgan fingerprint density at radius 2 is 2.00 bits per heavy atom. The lowest BCUT2D eigenvalue weighted by Gasteiger charge is -2.05. The summed E-state index contributed by atoms with van der Waals surface area (Å²) in [6.45, 7) is 3.23. The lowest BCUT2D eigenvalue weighted by atomic mass is 10.1. The third-order valence-electron chi connectivity index (χ3n) is 1.71. The largest absolute Gasteiger partial charge is 0.414 e. The number of carbonyl (C=O) groups excluding carboxylic acids is 2. The summed E-state index contributed by atoms with van der Waals surface area (Å²) in [5.41, 5.74) is 0.297. The van der Waals surface area contributed by atoms with Crippen LogP contribution in [-0.4, -0.2) is 11.2 Å². The van der Waals surface area contributed by atoms with Crippen molar-refractivity contribution in [3.63, 3.8) is 0 Å². The first-order valence-corrected chi connectivity index (χ1v) is 4.37. The van der Waals surface area contributed by atoms with Gasteiger partial charge in [-0.25, -0.2) is 4.79 Å². The van der Waals surface area contributed by atoms with Gasteiger partial charge in [-0.05, 0) is 31.5 Å². The van der Waals surface area contributed by atoms with E-state index in [9.17, 15) is 9.59 Å². The topological polar surface area (TPSA) is 43.4 Å². The summed E-state index contributed by atoms with van der Waals surface area (Å²) in [7, 11) is 0. The molecule has 0 heterocycles. The Hall–Kier alpha value is -1.35. The van der Waals surface area contributed by atoms with E-state index in [2.05, 4.69) is 0 Å². The van der Waals surface area contributed by atoms with Crippen LogP contribution in [0.2, 0.25) is 0 Å². The predicted molar refractivity (Wildman–Crippen MR) is 53.1 cm³/mol. The van der Waals surface area contributed by atoms with Crippen molar-refractivity contribution in [2.24, 2.45) is 0 Å². The number of hydrogen-bond donors (Lipinski definition) is 0. The summed E-state index contributed by atoms with van der Waals surface area (Å²) in [5, 5.41) is 0. The van der Waals surface area contributed by atoms with Gasteiger partial charge < -0.3 is 4.74 Å². The molecule has 0 aliphatic heterocycles. The van der Waals surface area contributed by atoms with Crippen molar-refractivity contribution < 1.29 is 14.3 Å². The molecule has 0 aromatic heterocycles. The summed E-state index contributed by atoms with van der Waals surface area (Å²) in [4.78, 5) is 21.7. The van der Waals surface area contributed by atoms with Crippen molar-refractivity contribution in [1.82, 2.24) is 0 Å². The molecule has 0 saturated heterocycles. The molecule has 0 radical (unpaired) electrons. The Labute approximate surface area is 86.6 Å². The highest BCUT2D eigenvalue weighted by atomic mass is 35.5. The summed E-state index contributed by atoms with van der Waals surface area (Å²) in [5.74, 6) is 0.0374. The second kappa shape index (κ2) is 4.24. The lowest BCUT2D eigenvalue weighted by molar-refractivity contribution is 0.101. The van der Waals surface area contributed by atoms with Crippen LogP contribution in [0.3, 0.4) is 0 Å². The minimum atomic E-state index is -0.946. The van der Waals surface area contributed by atoms with Crippen molar-refractivity contribution in [2.45, 2.75) is 13.8 Å². The molecule has 3 nitrogen and oxygen atoms in total. The van der Waals surface area contributed by atoms with E-state index in [-0.39, 0.29) is 11.5 Å². The lowest BCUT2D eigenvalue weighted by Crippen LogP contribution is -2.03. The molecule has 1 aromatic carbocycles. The number of rotatable bonds is 2. The average molecular weight is 213 g/mol. The van der Waals surface area contributed by atoms with Crippen molar-refractivity contribution in [2.75, 3.05) is 0 Å². The molecule has 0 aliphatic carbocycles. The van der Waals surface area contributed by atoms with Gasteiger partial charge in [0.15, 0.2) is 5.78 Å². The smallest absolute Gasteiger partial charge is 0.409 e. The van der Waals surface area contributed by atoms with Crippen LogP contribution in [0.5, 0.6) is 5.75 Å². The zero-order valence-corrected chi connectivity index (χ0v) is 8.59. The van der Waals surface area contributed by atoms with Crippen molar-refractivity contribution >= 4 is 22.8 Å². The van der Waals surface area contributed by atoms with Gasteiger partial charge in [-0.3, -0.25) is 4.79 Å². The summed E-state index contributed by atoms with van der Waals surface area (Å²) in [6.07, 6.45) is 0. The first-order valence-electron chi connectivity index (χ1n) is 3.99. The molecule has 0 aliphatic rings. The predicted octanol–water partition coefficient (Wildman–Crippen LogP) is 2.94. The maximum atomic E-state index is 11.1. The van der Waals surface area contributed by atoms with Gasteiger partial charge in [0.2, 0.25) is 0 Å². The number of halogens is 1. The van der Waals surface area contributed by atoms with Gasteiger partial charge in [-0.1, -0.05) is 6.07 Å². The van der Waals surface area contributed by atoms with E-state index < -0.39 is 5.43 Å². The first kappa shape index (κ1) is 10.7. The van der Waals surface area contributed by atoms with E-state index in [1.165, 1.54) is 6.92 Å². The highest BCUT2D eigenvalue weighted by molar-refractivity contribution is 6.61. The fourth-order valence-corrected chi connectivity index (χ4v) is 1.17. The van der Waals surface area contributed by atoms with Crippen LogP contribution < -0.4 is 4.74 Å². The van der Waals surface area contributed by atoms with Crippen LogP contribution in [0.1, 0.15) is 22.8 Å². The Morgan fingerprint density at radius 3 is 2.50 bits per heavy atom. The summed E-state index contributed by atoms with van der Waals surface area (Å²) < 4.78 is 4.69. The number of ketones is 1. The van der Waals surface area contributed by atoms with Crippen LogP contribution in [0.15, 0.2) is 18.2 Å². The molecule has 0 bridgehead atoms. The molecule has 0 N–H and O–H groups in total. The molecule has 0 amide bonds. The second-order valence-corrected chi connectivity index (χ2v) is 3.20. The van der Waals surface area contributed by atoms with Gasteiger partial charge in [-0.15, -0.1) is 0 Å². The Morgan fingerprint density at radius 1 is 1.36 bits per heavy atom. The van der Waals surface area contributed by atoms with Gasteiger partial charge >= 0.3 is 5.43 Å². The van der Waals surface area contributed by atoms with Gasteiger partial charge in [0.05, 0.1) is 5.56 Å². The maximum absolute atomic E-state index is 11.1. The average Bonchev–Trinajstić information content (AvgIpc) is 2.01. The van der Waals surface area contributed by atoms with Crippen LogP contribution in [0, 0.1) is 6.92 Å². The van der Waals surface area contributed by atoms with E-state index >= 15 is 0 Å². The van der Waals surface area contributed by atoms with Crippen molar-refractivity contribution in [1.29, 1.82) is 0 Å². The van der Waals surface area contributed by atoms with Gasteiger partial charge in [0.25, 0.3) is 0 Å². The van der Waals surface area contributed by atoms with Crippen LogP contribution in [0.4, 0.5) is 4.79 Å². The molecule has 1 aromatic rings. The zero-order valence-electron chi connectivity index (χ0n) is 7.83. The highest BCUT2D eigenvalue weighted by Gasteiger charge is 2.10. The molecule has 0 saturated carbocycles. The van der Waals surface area contributed by atoms with Gasteiger partial charge in [0, 0.05) is 11.6 Å². The Bertz CT molecular complexity index is 385. The minimum Gasteiger partial charge on any atom is -0.414 e. The van der Waals surface area contributed by atoms with Crippen LogP contribution in [-0.2, 0) is 0 Å². The Kier molecular flexibility index (Phi) is 3.25. The van der Waals surface area contributed by atoms with Crippen molar-refractivity contribution in [3.05, 3.63) is 29.3 Å². The zero-order chi connectivity index (χ0) is 10.7. The second-order valence-electron chi connectivity index (χ2n) is 2.90. The SMILES string of the molecule is CC(=O)c1ccc(C)cc1OC(=O)Cl. The highest BCUT2D eigenvalue weighted by Crippen LogP contribution is 2.21. The number of aryl methyl sites for hydroxylation is 1. The first-order chi connectivity index (χ1) is 6.50. The third-order valence-corrected chi connectivity index (χ3v) is 1.78. The molecule has 0 spiro atoms. The minimum absolute atomic E-state index is 0.169. The Balaban J connectivity index is 3.15. The van der Waals surface area contributed by atoms with Crippen molar-refractivity contribution in [3.8, 4) is 5.75 Å². The summed E-state index contributed by atoms with van der Waals surface area (Å²) in [6, 6.07) is 4.96. The molecule has 1 rings (SSSR count). The monoisotopic (exact) mass is 212 g/mol. The number of hydrogen-bond acceptors (Lipinski definition) is 3. The third kappa shape index (κ3) is 2.57. The fourth-order valence-electron chi connectivity index (χ4n) is 1.09. The van der Waals surface area contributed by atoms with Crippen LogP contribution >= 0.6 is 11.6 Å². The molecule has 0 atom stereocenters. The summed E-state index contributed by atoms with van der Waals surface area (Å²) >= 11 is 5.07. The van der Waals surface area contributed by atoms with E-state index in [4.69, 9.17) is 16.3 Å². The fraction of sp³-hybridized carbons (Fsp3) is 0.200. The van der Waals surface area contributed by atoms with Gasteiger partial charge in [-0.2, -0.15) is 0 Å². The number of ether oxygens (including phenoxy) is 1. The quantitative estimate of drug-likeness (QED) is 0.559. The number of carbonyl (C=O) groups is 2. The maximum Gasteiger partial charge on any atom is 0.409 e. The van der Waals surface area contributed by atoms with E-state index in [1.54, 1.807) is 18.2 Å². The number of Topliss-reactive ketones (excluding diaryl/α,β-unsaturated/α-hetero) is 1. The van der Waals surface area contributed by atoms with E-state index in [0.717, 1.165) is 5.56 Å².